The van der Waals surface area contributed by atoms with E-state index in [0.29, 0.717) is 6.54 Å². The van der Waals surface area contributed by atoms with Crippen LogP contribution in [0, 0.1) is 0 Å². The molecule has 0 aliphatic rings. The molecule has 7 nitrogen and oxygen atoms in total. The largest absolute Gasteiger partial charge is 0.320 e. The van der Waals surface area contributed by atoms with Crippen molar-refractivity contribution < 1.29 is 8.42 Å². The SMILES string of the molecule is CNCCCn1cc(S(=O)(=O)NC(C)CCN(C)C)cn1. The van der Waals surface area contributed by atoms with Crippen LogP contribution >= 0.6 is 0 Å². The molecule has 0 bridgehead atoms. The lowest BCUT2D eigenvalue weighted by molar-refractivity contribution is 0.379. The van der Waals surface area contributed by atoms with Crippen LogP contribution in [0.4, 0.5) is 0 Å². The molecule has 0 saturated heterocycles. The van der Waals surface area contributed by atoms with Gasteiger partial charge in [0.1, 0.15) is 4.90 Å². The molecular weight excluding hydrogens is 290 g/mol. The number of nitrogens with zero attached hydrogens (tertiary/aromatic N) is 3. The highest BCUT2D eigenvalue weighted by Crippen LogP contribution is 2.09. The molecule has 1 aromatic rings. The minimum absolute atomic E-state index is 0.106. The van der Waals surface area contributed by atoms with Gasteiger partial charge in [-0.25, -0.2) is 13.1 Å². The third-order valence-electron chi connectivity index (χ3n) is 3.10. The highest BCUT2D eigenvalue weighted by atomic mass is 32.2. The zero-order chi connectivity index (χ0) is 15.9. The normalized spacial score (nSPS) is 13.8. The molecule has 0 aliphatic carbocycles. The maximum atomic E-state index is 12.2. The van der Waals surface area contributed by atoms with Crippen LogP contribution in [0.1, 0.15) is 19.8 Å². The standard InChI is InChI=1S/C13H27N5O2S/c1-12(6-9-17(3)4)16-21(19,20)13-10-15-18(11-13)8-5-7-14-2/h10-12,14,16H,5-9H2,1-4H3. The molecule has 1 rings (SSSR count). The van der Waals surface area contributed by atoms with Crippen molar-refractivity contribution in [1.82, 2.24) is 24.7 Å². The van der Waals surface area contributed by atoms with E-state index >= 15 is 0 Å². The van der Waals surface area contributed by atoms with Crippen molar-refractivity contribution >= 4 is 10.0 Å². The van der Waals surface area contributed by atoms with Gasteiger partial charge < -0.3 is 10.2 Å². The number of hydrogen-bond acceptors (Lipinski definition) is 5. The number of nitrogens with one attached hydrogen (secondary N) is 2. The molecule has 0 saturated carbocycles. The first-order valence-electron chi connectivity index (χ1n) is 7.19. The second-order valence-electron chi connectivity index (χ2n) is 5.51. The van der Waals surface area contributed by atoms with Gasteiger partial charge in [0, 0.05) is 18.8 Å². The van der Waals surface area contributed by atoms with E-state index < -0.39 is 10.0 Å². The number of rotatable bonds is 10. The van der Waals surface area contributed by atoms with Crippen molar-refractivity contribution in [3.63, 3.8) is 0 Å². The van der Waals surface area contributed by atoms with Crippen molar-refractivity contribution in [2.45, 2.75) is 37.2 Å². The fourth-order valence-corrected chi connectivity index (χ4v) is 3.10. The van der Waals surface area contributed by atoms with Crippen LogP contribution in [-0.4, -0.2) is 63.4 Å². The van der Waals surface area contributed by atoms with E-state index in [-0.39, 0.29) is 10.9 Å². The summed E-state index contributed by atoms with van der Waals surface area (Å²) in [5.74, 6) is 0. The van der Waals surface area contributed by atoms with Gasteiger partial charge in [-0.1, -0.05) is 0 Å². The zero-order valence-electron chi connectivity index (χ0n) is 13.3. The smallest absolute Gasteiger partial charge is 0.243 e. The zero-order valence-corrected chi connectivity index (χ0v) is 14.2. The number of hydrogen-bond donors (Lipinski definition) is 2. The quantitative estimate of drug-likeness (QED) is 0.599. The summed E-state index contributed by atoms with van der Waals surface area (Å²) in [6.07, 6.45) is 4.66. The molecule has 2 N–H and O–H groups in total. The van der Waals surface area contributed by atoms with Crippen molar-refractivity contribution in [3.8, 4) is 0 Å². The van der Waals surface area contributed by atoms with E-state index in [9.17, 15) is 8.42 Å². The van der Waals surface area contributed by atoms with Crippen LogP contribution in [0.2, 0.25) is 0 Å². The van der Waals surface area contributed by atoms with Gasteiger partial charge >= 0.3 is 0 Å². The minimum Gasteiger partial charge on any atom is -0.320 e. The predicted octanol–water partition coefficient (Wildman–Crippen LogP) is 0.111. The topological polar surface area (TPSA) is 79.3 Å². The van der Waals surface area contributed by atoms with Gasteiger partial charge in [-0.2, -0.15) is 5.10 Å². The molecule has 0 amide bonds. The van der Waals surface area contributed by atoms with Crippen LogP contribution in [0.15, 0.2) is 17.3 Å². The predicted molar refractivity (Wildman–Crippen MR) is 83.7 cm³/mol. The molecule has 0 spiro atoms. The molecule has 1 heterocycles. The molecule has 0 aliphatic heterocycles. The highest BCUT2D eigenvalue weighted by Gasteiger charge is 2.19. The Hall–Kier alpha value is -0.960. The Labute approximate surface area is 127 Å². The third-order valence-corrected chi connectivity index (χ3v) is 4.64. The Morgan fingerprint density at radius 2 is 2.14 bits per heavy atom. The Morgan fingerprint density at radius 1 is 1.43 bits per heavy atom. The Bertz CT molecular complexity index is 512. The van der Waals surface area contributed by atoms with Crippen LogP contribution in [0.5, 0.6) is 0 Å². The van der Waals surface area contributed by atoms with Gasteiger partial charge in [0.15, 0.2) is 0 Å². The first-order valence-corrected chi connectivity index (χ1v) is 8.67. The Balaban J connectivity index is 2.57. The van der Waals surface area contributed by atoms with Crippen LogP contribution in [-0.2, 0) is 16.6 Å². The van der Waals surface area contributed by atoms with E-state index in [1.807, 2.05) is 33.0 Å². The molecule has 1 aromatic heterocycles. The van der Waals surface area contributed by atoms with Gasteiger partial charge in [0.25, 0.3) is 0 Å². The fourth-order valence-electron chi connectivity index (χ4n) is 1.87. The summed E-state index contributed by atoms with van der Waals surface area (Å²) in [7, 11) is 2.34. The van der Waals surface area contributed by atoms with Crippen molar-refractivity contribution in [3.05, 3.63) is 12.4 Å². The summed E-state index contributed by atoms with van der Waals surface area (Å²) in [4.78, 5) is 2.26. The van der Waals surface area contributed by atoms with Gasteiger partial charge in [0.05, 0.1) is 6.20 Å². The maximum absolute atomic E-state index is 12.2. The minimum atomic E-state index is -3.48. The molecule has 0 fully saturated rings. The van der Waals surface area contributed by atoms with Crippen molar-refractivity contribution in [1.29, 1.82) is 0 Å². The summed E-state index contributed by atoms with van der Waals surface area (Å²) in [5, 5.41) is 7.15. The van der Waals surface area contributed by atoms with Crippen LogP contribution in [0.25, 0.3) is 0 Å². The highest BCUT2D eigenvalue weighted by molar-refractivity contribution is 7.89. The first kappa shape index (κ1) is 18.1. The van der Waals surface area contributed by atoms with Gasteiger partial charge in [-0.05, 0) is 54.0 Å². The lowest BCUT2D eigenvalue weighted by atomic mass is 10.2. The number of aryl methyl sites for hydroxylation is 1. The summed E-state index contributed by atoms with van der Waals surface area (Å²) < 4.78 is 28.8. The number of aromatic nitrogens is 2. The molecule has 0 aromatic carbocycles. The Kier molecular flexibility index (Phi) is 7.30. The molecular formula is C13H27N5O2S. The average molecular weight is 317 g/mol. The van der Waals surface area contributed by atoms with E-state index in [1.165, 1.54) is 6.20 Å². The lowest BCUT2D eigenvalue weighted by Crippen LogP contribution is -2.34. The maximum Gasteiger partial charge on any atom is 0.243 e. The molecule has 8 heteroatoms. The summed E-state index contributed by atoms with van der Waals surface area (Å²) >= 11 is 0. The monoisotopic (exact) mass is 317 g/mol. The van der Waals surface area contributed by atoms with Crippen molar-refractivity contribution in [2.24, 2.45) is 0 Å². The van der Waals surface area contributed by atoms with E-state index in [0.717, 1.165) is 25.9 Å². The fraction of sp³-hybridized carbons (Fsp3) is 0.769. The lowest BCUT2D eigenvalue weighted by Gasteiger charge is -2.16. The third kappa shape index (κ3) is 6.56. The van der Waals surface area contributed by atoms with E-state index in [2.05, 4.69) is 15.1 Å². The summed E-state index contributed by atoms with van der Waals surface area (Å²) in [5.41, 5.74) is 0. The molecule has 1 atom stereocenters. The van der Waals surface area contributed by atoms with Crippen molar-refractivity contribution in [2.75, 3.05) is 34.2 Å². The molecule has 0 radical (unpaired) electrons. The van der Waals surface area contributed by atoms with Crippen LogP contribution in [0.3, 0.4) is 0 Å². The van der Waals surface area contributed by atoms with Crippen LogP contribution < -0.4 is 10.0 Å². The van der Waals surface area contributed by atoms with E-state index in [4.69, 9.17) is 0 Å². The first-order chi connectivity index (χ1) is 9.85. The van der Waals surface area contributed by atoms with Gasteiger partial charge in [-0.15, -0.1) is 0 Å². The van der Waals surface area contributed by atoms with E-state index in [1.54, 1.807) is 10.9 Å². The number of sulfonamides is 1. The summed E-state index contributed by atoms with van der Waals surface area (Å²) in [6, 6.07) is -0.106. The molecule has 122 valence electrons. The Morgan fingerprint density at radius 3 is 2.76 bits per heavy atom. The van der Waals surface area contributed by atoms with Gasteiger partial charge in [0.2, 0.25) is 10.0 Å². The second kappa shape index (κ2) is 8.47. The second-order valence-corrected chi connectivity index (χ2v) is 7.22. The summed E-state index contributed by atoms with van der Waals surface area (Å²) in [6.45, 7) is 4.29. The van der Waals surface area contributed by atoms with Gasteiger partial charge in [-0.3, -0.25) is 4.68 Å². The molecule has 1 unspecified atom stereocenters. The molecule has 21 heavy (non-hydrogen) atoms. The average Bonchev–Trinajstić information content (AvgIpc) is 2.86.